The van der Waals surface area contributed by atoms with Crippen LogP contribution in [0, 0.1) is 0 Å². The van der Waals surface area contributed by atoms with E-state index in [0.29, 0.717) is 5.84 Å². The Morgan fingerprint density at radius 1 is 0.489 bits per heavy atom. The van der Waals surface area contributed by atoms with Gasteiger partial charge in [0.05, 0.1) is 0 Å². The van der Waals surface area contributed by atoms with E-state index in [9.17, 15) is 0 Å². The summed E-state index contributed by atoms with van der Waals surface area (Å²) in [5, 5.41) is 8.04. The van der Waals surface area contributed by atoms with Gasteiger partial charge in [-0.15, -0.1) is 0 Å². The highest BCUT2D eigenvalue weighted by Crippen LogP contribution is 2.39. The van der Waals surface area contributed by atoms with Crippen molar-refractivity contribution in [2.45, 2.75) is 6.17 Å². The molecule has 0 radical (unpaired) electrons. The fourth-order valence-corrected chi connectivity index (χ4v) is 6.70. The number of rotatable bonds is 5. The third-order valence-corrected chi connectivity index (χ3v) is 8.97. The Balaban J connectivity index is 1.20. The summed E-state index contributed by atoms with van der Waals surface area (Å²) < 4.78 is 6.65. The van der Waals surface area contributed by atoms with Crippen LogP contribution in [0.3, 0.4) is 0 Å². The maximum absolute atomic E-state index is 6.65. The molecular weight excluding hydrogens is 574 g/mol. The minimum atomic E-state index is -0.323. The minimum absolute atomic E-state index is 0.323. The molecule has 2 heterocycles. The summed E-state index contributed by atoms with van der Waals surface area (Å²) in [5.41, 5.74) is 9.27. The zero-order valence-corrected chi connectivity index (χ0v) is 25.5. The van der Waals surface area contributed by atoms with E-state index in [0.717, 1.165) is 55.6 Å². The number of para-hydroxylation sites is 1. The number of nitrogens with zero attached hydrogens (tertiary/aromatic N) is 2. The van der Waals surface area contributed by atoms with Gasteiger partial charge in [-0.2, -0.15) is 0 Å². The van der Waals surface area contributed by atoms with E-state index in [2.05, 4.69) is 133 Å². The number of nitrogens with one attached hydrogen (secondary N) is 1. The molecule has 0 amide bonds. The average Bonchev–Trinajstić information content (AvgIpc) is 3.54. The van der Waals surface area contributed by atoms with Crippen molar-refractivity contribution in [3.05, 3.63) is 180 Å². The molecule has 222 valence electrons. The molecule has 8 aromatic rings. The Morgan fingerprint density at radius 3 is 1.94 bits per heavy atom. The van der Waals surface area contributed by atoms with Gasteiger partial charge in [0.15, 0.2) is 5.84 Å². The third kappa shape index (κ3) is 4.79. The molecule has 0 saturated heterocycles. The van der Waals surface area contributed by atoms with Gasteiger partial charge in [0.2, 0.25) is 0 Å². The van der Waals surface area contributed by atoms with E-state index in [4.69, 9.17) is 14.4 Å². The van der Waals surface area contributed by atoms with Gasteiger partial charge in [-0.05, 0) is 33.5 Å². The van der Waals surface area contributed by atoms with Crippen molar-refractivity contribution in [1.82, 2.24) is 5.32 Å². The Labute approximate surface area is 272 Å². The molecule has 1 unspecified atom stereocenters. The van der Waals surface area contributed by atoms with Gasteiger partial charge in [-0.3, -0.25) is 0 Å². The molecule has 0 bridgehead atoms. The van der Waals surface area contributed by atoms with Gasteiger partial charge >= 0.3 is 0 Å². The van der Waals surface area contributed by atoms with E-state index in [1.165, 1.54) is 21.9 Å². The molecule has 1 aliphatic rings. The van der Waals surface area contributed by atoms with Crippen molar-refractivity contribution in [3.8, 4) is 22.3 Å². The first kappa shape index (κ1) is 27.1. The molecule has 0 spiro atoms. The Bertz CT molecular complexity index is 2470. The van der Waals surface area contributed by atoms with Crippen LogP contribution in [0.25, 0.3) is 55.0 Å². The van der Waals surface area contributed by atoms with E-state index < -0.39 is 0 Å². The Hall–Kier alpha value is -6.26. The summed E-state index contributed by atoms with van der Waals surface area (Å²) in [4.78, 5) is 10.4. The molecule has 1 aromatic heterocycles. The molecule has 9 rings (SSSR count). The fraction of sp³-hybridized carbons (Fsp3) is 0.0233. The molecule has 1 aliphatic heterocycles. The molecule has 0 saturated carbocycles. The van der Waals surface area contributed by atoms with E-state index in [-0.39, 0.29) is 6.17 Å². The van der Waals surface area contributed by atoms with Crippen LogP contribution in [-0.4, -0.2) is 11.7 Å². The van der Waals surface area contributed by atoms with Crippen LogP contribution in [0.15, 0.2) is 178 Å². The number of hydrogen-bond donors (Lipinski definition) is 1. The summed E-state index contributed by atoms with van der Waals surface area (Å²) >= 11 is 0. The lowest BCUT2D eigenvalue weighted by Gasteiger charge is -2.24. The molecule has 4 nitrogen and oxygen atoms in total. The summed E-state index contributed by atoms with van der Waals surface area (Å²) in [5.74, 6) is 1.46. The van der Waals surface area contributed by atoms with E-state index >= 15 is 0 Å². The van der Waals surface area contributed by atoms with Gasteiger partial charge in [-0.25, -0.2) is 9.98 Å². The lowest BCUT2D eigenvalue weighted by Crippen LogP contribution is -2.33. The topological polar surface area (TPSA) is 49.9 Å². The SMILES string of the molecule is c1ccc(C2=NC(c3cccc4oc5c(-c6ccc(-c7ccccc7)cc6)cccc5c34)=NC(c3cccc4ccccc34)N2)cc1. The fourth-order valence-electron chi connectivity index (χ4n) is 6.70. The van der Waals surface area contributed by atoms with Crippen LogP contribution >= 0.6 is 0 Å². The molecule has 0 aliphatic carbocycles. The highest BCUT2D eigenvalue weighted by atomic mass is 16.3. The molecule has 1 atom stereocenters. The summed E-state index contributed by atoms with van der Waals surface area (Å²) in [6.07, 6.45) is -0.323. The zero-order valence-electron chi connectivity index (χ0n) is 25.5. The summed E-state index contributed by atoms with van der Waals surface area (Å²) in [6, 6.07) is 56.8. The normalized spacial score (nSPS) is 14.6. The Kier molecular flexibility index (Phi) is 6.50. The predicted octanol–water partition coefficient (Wildman–Crippen LogP) is 10.6. The number of amidine groups is 2. The molecule has 0 fully saturated rings. The van der Waals surface area contributed by atoms with Gasteiger partial charge < -0.3 is 9.73 Å². The standard InChI is InChI=1S/C43H29N3O/c1-3-12-28(13-4-1)29-24-26-31(27-25-29)34-19-10-21-36-39-37(22-11-23-38(39)47-40(34)36)43-45-41(32-15-5-2-6-16-32)44-42(46-43)35-20-9-17-30-14-7-8-18-33(30)35/h1-27,42H,(H,44,45,46). The summed E-state index contributed by atoms with van der Waals surface area (Å²) in [7, 11) is 0. The second-order valence-corrected chi connectivity index (χ2v) is 11.8. The molecule has 7 aromatic carbocycles. The van der Waals surface area contributed by atoms with Crippen LogP contribution in [0.2, 0.25) is 0 Å². The van der Waals surface area contributed by atoms with Crippen molar-refractivity contribution in [3.63, 3.8) is 0 Å². The predicted molar refractivity (Wildman–Crippen MR) is 194 cm³/mol. The molecule has 1 N–H and O–H groups in total. The number of fused-ring (bicyclic) bond motifs is 4. The largest absolute Gasteiger partial charge is 0.455 e. The number of hydrogen-bond acceptors (Lipinski definition) is 4. The minimum Gasteiger partial charge on any atom is -0.455 e. The molecule has 4 heteroatoms. The van der Waals surface area contributed by atoms with Crippen LogP contribution in [0.1, 0.15) is 22.9 Å². The number of aliphatic imine (C=N–C) groups is 2. The first-order valence-corrected chi connectivity index (χ1v) is 15.9. The van der Waals surface area contributed by atoms with Gasteiger partial charge in [0.1, 0.15) is 23.2 Å². The van der Waals surface area contributed by atoms with Crippen molar-refractivity contribution in [2.24, 2.45) is 9.98 Å². The molecule has 47 heavy (non-hydrogen) atoms. The first-order valence-electron chi connectivity index (χ1n) is 15.9. The lowest BCUT2D eigenvalue weighted by atomic mass is 9.98. The second kappa shape index (κ2) is 11.3. The van der Waals surface area contributed by atoms with Gasteiger partial charge in [0.25, 0.3) is 0 Å². The first-order chi connectivity index (χ1) is 23.3. The van der Waals surface area contributed by atoms with Crippen molar-refractivity contribution in [2.75, 3.05) is 0 Å². The number of benzene rings is 7. The van der Waals surface area contributed by atoms with E-state index in [1.807, 2.05) is 36.4 Å². The van der Waals surface area contributed by atoms with Gasteiger partial charge in [0, 0.05) is 33.0 Å². The Morgan fingerprint density at radius 2 is 1.11 bits per heavy atom. The summed E-state index contributed by atoms with van der Waals surface area (Å²) in [6.45, 7) is 0. The quantitative estimate of drug-likeness (QED) is 0.213. The number of furan rings is 1. The van der Waals surface area contributed by atoms with Crippen LogP contribution in [-0.2, 0) is 0 Å². The van der Waals surface area contributed by atoms with Crippen LogP contribution in [0.4, 0.5) is 0 Å². The third-order valence-electron chi connectivity index (χ3n) is 8.97. The zero-order chi connectivity index (χ0) is 31.2. The van der Waals surface area contributed by atoms with Gasteiger partial charge in [-0.1, -0.05) is 158 Å². The van der Waals surface area contributed by atoms with Crippen molar-refractivity contribution >= 4 is 44.4 Å². The molecular formula is C43H29N3O. The second-order valence-electron chi connectivity index (χ2n) is 11.8. The highest BCUT2D eigenvalue weighted by molar-refractivity contribution is 6.23. The van der Waals surface area contributed by atoms with Crippen LogP contribution in [0.5, 0.6) is 0 Å². The van der Waals surface area contributed by atoms with Crippen molar-refractivity contribution < 1.29 is 4.42 Å². The van der Waals surface area contributed by atoms with E-state index in [1.54, 1.807) is 0 Å². The average molecular weight is 604 g/mol. The maximum Gasteiger partial charge on any atom is 0.160 e. The highest BCUT2D eigenvalue weighted by Gasteiger charge is 2.25. The van der Waals surface area contributed by atoms with Crippen LogP contribution < -0.4 is 5.32 Å². The lowest BCUT2D eigenvalue weighted by molar-refractivity contribution is 0.669. The monoisotopic (exact) mass is 603 g/mol. The maximum atomic E-state index is 6.65. The smallest absolute Gasteiger partial charge is 0.160 e. The van der Waals surface area contributed by atoms with Crippen molar-refractivity contribution in [1.29, 1.82) is 0 Å².